The van der Waals surface area contributed by atoms with E-state index in [0.29, 0.717) is 6.42 Å². The number of nitrogens with two attached hydrogens (primary N) is 1. The van der Waals surface area contributed by atoms with Crippen LogP contribution in [0.4, 0.5) is 0 Å². The average Bonchev–Trinajstić information content (AvgIpc) is 1.88. The lowest BCUT2D eigenvalue weighted by atomic mass is 9.92. The van der Waals surface area contributed by atoms with Crippen LogP contribution in [-0.2, 0) is 0 Å². The van der Waals surface area contributed by atoms with Gasteiger partial charge in [0.05, 0.1) is 6.04 Å². The number of nitrogens with zero attached hydrogens (tertiary/aromatic N) is 1. The second-order valence-corrected chi connectivity index (χ2v) is 2.80. The maximum Gasteiger partial charge on any atom is 0.227 e. The minimum atomic E-state index is -0.478. The molecule has 0 aromatic rings. The standard InChI is InChI=1S/C6H12N2O2/c7-5-3-1-2-4-6(5)8(9)10/h5-6H,1-4,7H2/t5-,6-/m0/s1. The lowest BCUT2D eigenvalue weighted by Gasteiger charge is -2.21. The summed E-state index contributed by atoms with van der Waals surface area (Å²) in [5.41, 5.74) is 5.54. The van der Waals surface area contributed by atoms with Crippen LogP contribution in [0.15, 0.2) is 0 Å². The zero-order valence-electron chi connectivity index (χ0n) is 5.82. The van der Waals surface area contributed by atoms with Gasteiger partial charge in [-0.1, -0.05) is 6.42 Å². The van der Waals surface area contributed by atoms with Gasteiger partial charge in [-0.2, -0.15) is 0 Å². The highest BCUT2D eigenvalue weighted by atomic mass is 16.6. The van der Waals surface area contributed by atoms with Gasteiger partial charge in [0.25, 0.3) is 0 Å². The van der Waals surface area contributed by atoms with E-state index in [0.717, 1.165) is 19.3 Å². The maximum absolute atomic E-state index is 10.3. The monoisotopic (exact) mass is 144 g/mol. The van der Waals surface area contributed by atoms with Crippen molar-refractivity contribution in [2.24, 2.45) is 5.73 Å². The topological polar surface area (TPSA) is 69.2 Å². The predicted molar refractivity (Wildman–Crippen MR) is 37.2 cm³/mol. The Morgan fingerprint density at radius 1 is 1.40 bits per heavy atom. The fraction of sp³-hybridized carbons (Fsp3) is 1.00. The number of hydrogen-bond donors (Lipinski definition) is 1. The Bertz CT molecular complexity index is 138. The molecule has 0 saturated heterocycles. The third-order valence-corrected chi connectivity index (χ3v) is 2.05. The highest BCUT2D eigenvalue weighted by Gasteiger charge is 2.30. The van der Waals surface area contributed by atoms with Crippen molar-refractivity contribution in [2.45, 2.75) is 37.8 Å². The zero-order valence-corrected chi connectivity index (χ0v) is 5.82. The van der Waals surface area contributed by atoms with Crippen LogP contribution in [0.1, 0.15) is 25.7 Å². The third kappa shape index (κ3) is 1.44. The van der Waals surface area contributed by atoms with E-state index in [9.17, 15) is 10.1 Å². The minimum absolute atomic E-state index is 0.205. The largest absolute Gasteiger partial charge is 0.322 e. The van der Waals surface area contributed by atoms with E-state index in [1.807, 2.05) is 0 Å². The van der Waals surface area contributed by atoms with E-state index in [4.69, 9.17) is 5.73 Å². The van der Waals surface area contributed by atoms with Crippen LogP contribution in [0.5, 0.6) is 0 Å². The van der Waals surface area contributed by atoms with Crippen molar-refractivity contribution in [2.75, 3.05) is 0 Å². The average molecular weight is 144 g/mol. The summed E-state index contributed by atoms with van der Waals surface area (Å²) in [6.45, 7) is 0. The van der Waals surface area contributed by atoms with Gasteiger partial charge in [0.2, 0.25) is 6.04 Å². The van der Waals surface area contributed by atoms with Crippen LogP contribution >= 0.6 is 0 Å². The fourth-order valence-electron chi connectivity index (χ4n) is 1.40. The van der Waals surface area contributed by atoms with E-state index in [2.05, 4.69) is 0 Å². The van der Waals surface area contributed by atoms with Crippen LogP contribution in [0.25, 0.3) is 0 Å². The molecule has 0 aromatic carbocycles. The highest BCUT2D eigenvalue weighted by Crippen LogP contribution is 2.18. The first-order chi connectivity index (χ1) is 4.72. The molecule has 0 bridgehead atoms. The number of hydrogen-bond acceptors (Lipinski definition) is 3. The molecule has 0 amide bonds. The molecule has 0 aromatic heterocycles. The summed E-state index contributed by atoms with van der Waals surface area (Å²) in [6.07, 6.45) is 3.48. The molecule has 1 aliphatic carbocycles. The van der Waals surface area contributed by atoms with Crippen molar-refractivity contribution >= 4 is 0 Å². The van der Waals surface area contributed by atoms with Crippen LogP contribution in [-0.4, -0.2) is 17.0 Å². The summed E-state index contributed by atoms with van der Waals surface area (Å²) < 4.78 is 0. The third-order valence-electron chi connectivity index (χ3n) is 2.05. The molecule has 2 atom stereocenters. The Labute approximate surface area is 59.6 Å². The Morgan fingerprint density at radius 3 is 2.40 bits per heavy atom. The van der Waals surface area contributed by atoms with Gasteiger partial charge < -0.3 is 5.73 Å². The molecule has 0 aliphatic heterocycles. The van der Waals surface area contributed by atoms with E-state index in [-0.39, 0.29) is 11.0 Å². The molecule has 0 heterocycles. The number of rotatable bonds is 1. The maximum atomic E-state index is 10.3. The van der Waals surface area contributed by atoms with Gasteiger partial charge in [-0.15, -0.1) is 0 Å². The van der Waals surface area contributed by atoms with Gasteiger partial charge in [-0.3, -0.25) is 10.1 Å². The molecule has 4 nitrogen and oxygen atoms in total. The first-order valence-corrected chi connectivity index (χ1v) is 3.61. The van der Waals surface area contributed by atoms with Gasteiger partial charge >= 0.3 is 0 Å². The molecular weight excluding hydrogens is 132 g/mol. The van der Waals surface area contributed by atoms with Crippen molar-refractivity contribution in [1.82, 2.24) is 0 Å². The highest BCUT2D eigenvalue weighted by molar-refractivity contribution is 4.77. The summed E-state index contributed by atoms with van der Waals surface area (Å²) in [7, 11) is 0. The molecule has 1 saturated carbocycles. The van der Waals surface area contributed by atoms with Crippen molar-refractivity contribution in [1.29, 1.82) is 0 Å². The summed E-state index contributed by atoms with van der Waals surface area (Å²) in [5.74, 6) is 0. The van der Waals surface area contributed by atoms with E-state index in [1.165, 1.54) is 0 Å². The Morgan fingerprint density at radius 2 is 2.00 bits per heavy atom. The number of nitro groups is 1. The lowest BCUT2D eigenvalue weighted by Crippen LogP contribution is -2.42. The van der Waals surface area contributed by atoms with E-state index in [1.54, 1.807) is 0 Å². The van der Waals surface area contributed by atoms with Crippen molar-refractivity contribution < 1.29 is 4.92 Å². The summed E-state index contributed by atoms with van der Waals surface area (Å²) >= 11 is 0. The molecule has 4 heteroatoms. The first-order valence-electron chi connectivity index (χ1n) is 3.61. The van der Waals surface area contributed by atoms with Gasteiger partial charge in [0.1, 0.15) is 0 Å². The SMILES string of the molecule is N[C@H]1CCCC[C@@H]1[N+](=O)[O-]. The van der Waals surface area contributed by atoms with Crippen molar-refractivity contribution in [3.8, 4) is 0 Å². The molecule has 0 spiro atoms. The van der Waals surface area contributed by atoms with Gasteiger partial charge in [-0.25, -0.2) is 0 Å². The molecule has 0 unspecified atom stereocenters. The summed E-state index contributed by atoms with van der Waals surface area (Å²) in [6, 6.07) is -0.683. The Balaban J connectivity index is 2.47. The second kappa shape index (κ2) is 2.96. The van der Waals surface area contributed by atoms with Gasteiger partial charge in [-0.05, 0) is 12.8 Å². The van der Waals surface area contributed by atoms with Crippen LogP contribution in [0.2, 0.25) is 0 Å². The molecular formula is C6H12N2O2. The van der Waals surface area contributed by atoms with Crippen LogP contribution in [0, 0.1) is 10.1 Å². The Kier molecular flexibility index (Phi) is 2.21. The fourth-order valence-corrected chi connectivity index (χ4v) is 1.40. The molecule has 58 valence electrons. The van der Waals surface area contributed by atoms with Gasteiger partial charge in [0, 0.05) is 11.3 Å². The minimum Gasteiger partial charge on any atom is -0.322 e. The summed E-state index contributed by atoms with van der Waals surface area (Å²) in [4.78, 5) is 10.0. The van der Waals surface area contributed by atoms with Crippen molar-refractivity contribution in [3.05, 3.63) is 10.1 Å². The lowest BCUT2D eigenvalue weighted by molar-refractivity contribution is -0.528. The summed E-state index contributed by atoms with van der Waals surface area (Å²) in [5, 5.41) is 10.3. The smallest absolute Gasteiger partial charge is 0.227 e. The van der Waals surface area contributed by atoms with Gasteiger partial charge in [0.15, 0.2) is 0 Å². The van der Waals surface area contributed by atoms with Crippen LogP contribution < -0.4 is 5.73 Å². The second-order valence-electron chi connectivity index (χ2n) is 2.80. The first kappa shape index (κ1) is 7.47. The zero-order chi connectivity index (χ0) is 7.56. The van der Waals surface area contributed by atoms with Crippen LogP contribution in [0.3, 0.4) is 0 Å². The molecule has 1 rings (SSSR count). The molecule has 10 heavy (non-hydrogen) atoms. The Hall–Kier alpha value is -0.640. The molecule has 1 fully saturated rings. The normalized spacial score (nSPS) is 33.7. The molecule has 0 radical (unpaired) electrons. The van der Waals surface area contributed by atoms with E-state index >= 15 is 0 Å². The molecule has 1 aliphatic rings. The van der Waals surface area contributed by atoms with Crippen molar-refractivity contribution in [3.63, 3.8) is 0 Å². The predicted octanol–water partition coefficient (Wildman–Crippen LogP) is 0.533. The molecule has 2 N–H and O–H groups in total. The quantitative estimate of drug-likeness (QED) is 0.431. The van der Waals surface area contributed by atoms with E-state index < -0.39 is 6.04 Å².